The fraction of sp³-hybridized carbons (Fsp3) is 0.263. The van der Waals surface area contributed by atoms with E-state index in [9.17, 15) is 0 Å². The van der Waals surface area contributed by atoms with Gasteiger partial charge in [0.15, 0.2) is 17.5 Å². The van der Waals surface area contributed by atoms with Crippen LogP contribution in [-0.2, 0) is 6.54 Å². The van der Waals surface area contributed by atoms with E-state index < -0.39 is 0 Å². The Labute approximate surface area is 152 Å². The van der Waals surface area contributed by atoms with E-state index in [1.165, 1.54) is 5.56 Å². The summed E-state index contributed by atoms with van der Waals surface area (Å²) in [6, 6.07) is 9.73. The second kappa shape index (κ2) is 7.77. The molecule has 0 radical (unpaired) electrons. The highest BCUT2D eigenvalue weighted by atomic mass is 16.5. The SMILES string of the molecule is CN=C(NCc1cn2ccc(C)cc2n1)Nc1ccc(OC)c(OC)c1. The van der Waals surface area contributed by atoms with Crippen molar-refractivity contribution in [2.75, 3.05) is 26.6 Å². The van der Waals surface area contributed by atoms with Gasteiger partial charge in [-0.15, -0.1) is 0 Å². The van der Waals surface area contributed by atoms with Crippen molar-refractivity contribution in [2.24, 2.45) is 4.99 Å². The van der Waals surface area contributed by atoms with Crippen LogP contribution in [0.4, 0.5) is 5.69 Å². The molecule has 0 bridgehead atoms. The number of aryl methyl sites for hydroxylation is 1. The van der Waals surface area contributed by atoms with Gasteiger partial charge >= 0.3 is 0 Å². The third-order valence-corrected chi connectivity index (χ3v) is 3.97. The number of anilines is 1. The number of nitrogens with zero attached hydrogens (tertiary/aromatic N) is 3. The summed E-state index contributed by atoms with van der Waals surface area (Å²) < 4.78 is 12.6. The zero-order valence-electron chi connectivity index (χ0n) is 15.4. The molecule has 0 aliphatic rings. The molecule has 0 unspecified atom stereocenters. The van der Waals surface area contributed by atoms with E-state index >= 15 is 0 Å². The molecule has 0 saturated carbocycles. The lowest BCUT2D eigenvalue weighted by atomic mass is 10.3. The molecule has 0 atom stereocenters. The molecule has 0 saturated heterocycles. The van der Waals surface area contributed by atoms with Gasteiger partial charge in [0, 0.05) is 31.2 Å². The average molecular weight is 353 g/mol. The van der Waals surface area contributed by atoms with Gasteiger partial charge in [-0.1, -0.05) is 0 Å². The molecule has 2 heterocycles. The predicted octanol–water partition coefficient (Wildman–Crippen LogP) is 2.85. The average Bonchev–Trinajstić information content (AvgIpc) is 3.06. The zero-order valence-corrected chi connectivity index (χ0v) is 15.4. The molecule has 0 spiro atoms. The Balaban J connectivity index is 1.67. The van der Waals surface area contributed by atoms with Crippen molar-refractivity contribution in [3.8, 4) is 11.5 Å². The maximum Gasteiger partial charge on any atom is 0.195 e. The Kier molecular flexibility index (Phi) is 5.26. The van der Waals surface area contributed by atoms with Crippen LogP contribution in [0.5, 0.6) is 11.5 Å². The molecule has 26 heavy (non-hydrogen) atoms. The van der Waals surface area contributed by atoms with Crippen LogP contribution in [0.2, 0.25) is 0 Å². The van der Waals surface area contributed by atoms with E-state index in [1.807, 2.05) is 35.0 Å². The van der Waals surface area contributed by atoms with Gasteiger partial charge in [0.05, 0.1) is 26.5 Å². The van der Waals surface area contributed by atoms with Crippen molar-refractivity contribution in [2.45, 2.75) is 13.5 Å². The summed E-state index contributed by atoms with van der Waals surface area (Å²) in [6.07, 6.45) is 4.02. The van der Waals surface area contributed by atoms with Crippen LogP contribution < -0.4 is 20.1 Å². The number of aliphatic imine (C=N–C) groups is 1. The summed E-state index contributed by atoms with van der Waals surface area (Å²) in [7, 11) is 4.95. The minimum absolute atomic E-state index is 0.563. The highest BCUT2D eigenvalue weighted by Crippen LogP contribution is 2.29. The number of pyridine rings is 1. The van der Waals surface area contributed by atoms with Crippen LogP contribution in [-0.4, -0.2) is 36.6 Å². The highest BCUT2D eigenvalue weighted by Gasteiger charge is 2.07. The summed E-state index contributed by atoms with van der Waals surface area (Å²) in [5.74, 6) is 1.98. The number of hydrogen-bond acceptors (Lipinski definition) is 4. The largest absolute Gasteiger partial charge is 0.493 e. The van der Waals surface area contributed by atoms with Gasteiger partial charge in [-0.3, -0.25) is 4.99 Å². The maximum atomic E-state index is 5.33. The van der Waals surface area contributed by atoms with E-state index in [2.05, 4.69) is 39.7 Å². The van der Waals surface area contributed by atoms with Crippen molar-refractivity contribution in [3.63, 3.8) is 0 Å². The summed E-state index contributed by atoms with van der Waals surface area (Å²) in [6.45, 7) is 2.62. The van der Waals surface area contributed by atoms with Crippen LogP contribution >= 0.6 is 0 Å². The quantitative estimate of drug-likeness (QED) is 0.545. The number of aromatic nitrogens is 2. The normalized spacial score (nSPS) is 11.5. The first kappa shape index (κ1) is 17.6. The topological polar surface area (TPSA) is 72.2 Å². The Hall–Kier alpha value is -3.22. The molecule has 0 fully saturated rings. The van der Waals surface area contributed by atoms with Crippen LogP contribution in [0.3, 0.4) is 0 Å². The molecular formula is C19H23N5O2. The second-order valence-corrected chi connectivity index (χ2v) is 5.82. The molecule has 0 aliphatic carbocycles. The third kappa shape index (κ3) is 3.88. The van der Waals surface area contributed by atoms with Gasteiger partial charge in [0.25, 0.3) is 0 Å². The fourth-order valence-corrected chi connectivity index (χ4v) is 2.63. The predicted molar refractivity (Wildman–Crippen MR) is 103 cm³/mol. The Morgan fingerprint density at radius 1 is 1.15 bits per heavy atom. The molecule has 3 aromatic rings. The molecule has 2 N–H and O–H groups in total. The minimum Gasteiger partial charge on any atom is -0.493 e. The second-order valence-electron chi connectivity index (χ2n) is 5.82. The molecule has 1 aromatic carbocycles. The van der Waals surface area contributed by atoms with Gasteiger partial charge < -0.3 is 24.5 Å². The van der Waals surface area contributed by atoms with Gasteiger partial charge in [-0.2, -0.15) is 0 Å². The number of nitrogens with one attached hydrogen (secondary N) is 2. The summed E-state index contributed by atoms with van der Waals surface area (Å²) in [5.41, 5.74) is 3.91. The van der Waals surface area contributed by atoms with Crippen LogP contribution in [0.25, 0.3) is 5.65 Å². The third-order valence-electron chi connectivity index (χ3n) is 3.97. The van der Waals surface area contributed by atoms with Crippen LogP contribution in [0, 0.1) is 6.92 Å². The summed E-state index contributed by atoms with van der Waals surface area (Å²) >= 11 is 0. The first-order valence-corrected chi connectivity index (χ1v) is 8.27. The summed E-state index contributed by atoms with van der Waals surface area (Å²) in [4.78, 5) is 8.87. The van der Waals surface area contributed by atoms with Crippen molar-refractivity contribution < 1.29 is 9.47 Å². The van der Waals surface area contributed by atoms with E-state index in [1.54, 1.807) is 21.3 Å². The molecule has 0 aliphatic heterocycles. The molecule has 2 aromatic heterocycles. The highest BCUT2D eigenvalue weighted by molar-refractivity contribution is 5.93. The van der Waals surface area contributed by atoms with Gasteiger partial charge in [0.2, 0.25) is 0 Å². The fourth-order valence-electron chi connectivity index (χ4n) is 2.63. The Bertz CT molecular complexity index is 933. The number of guanidine groups is 1. The zero-order chi connectivity index (χ0) is 18.5. The number of rotatable bonds is 5. The first-order valence-electron chi connectivity index (χ1n) is 8.27. The summed E-state index contributed by atoms with van der Waals surface area (Å²) in [5, 5.41) is 6.50. The lowest BCUT2D eigenvalue weighted by Gasteiger charge is -2.13. The monoisotopic (exact) mass is 353 g/mol. The molecule has 7 heteroatoms. The van der Waals surface area contributed by atoms with Gasteiger partial charge in [-0.05, 0) is 36.8 Å². The number of fused-ring (bicyclic) bond motifs is 1. The van der Waals surface area contributed by atoms with E-state index in [4.69, 9.17) is 9.47 Å². The lowest BCUT2D eigenvalue weighted by molar-refractivity contribution is 0.355. The molecular weight excluding hydrogens is 330 g/mol. The van der Waals surface area contributed by atoms with Crippen molar-refractivity contribution in [1.82, 2.24) is 14.7 Å². The number of methoxy groups -OCH3 is 2. The minimum atomic E-state index is 0.563. The van der Waals surface area contributed by atoms with Crippen molar-refractivity contribution in [3.05, 3.63) is 54.0 Å². The van der Waals surface area contributed by atoms with E-state index in [0.29, 0.717) is 24.0 Å². The van der Waals surface area contributed by atoms with Crippen LogP contribution in [0.1, 0.15) is 11.3 Å². The maximum absolute atomic E-state index is 5.33. The Morgan fingerprint density at radius 3 is 2.69 bits per heavy atom. The van der Waals surface area contributed by atoms with Crippen molar-refractivity contribution >= 4 is 17.3 Å². The molecule has 0 amide bonds. The number of hydrogen-bond donors (Lipinski definition) is 2. The molecule has 3 rings (SSSR count). The number of benzene rings is 1. The smallest absolute Gasteiger partial charge is 0.195 e. The molecule has 7 nitrogen and oxygen atoms in total. The number of ether oxygens (including phenoxy) is 2. The van der Waals surface area contributed by atoms with Crippen molar-refractivity contribution in [1.29, 1.82) is 0 Å². The van der Waals surface area contributed by atoms with Crippen LogP contribution in [0.15, 0.2) is 47.7 Å². The standard InChI is InChI=1S/C19H23N5O2/c1-13-7-8-24-12-15(22-18(24)9-13)11-21-19(20-2)23-14-5-6-16(25-3)17(10-14)26-4/h5-10,12H,11H2,1-4H3,(H2,20,21,23). The number of imidazole rings is 1. The lowest BCUT2D eigenvalue weighted by Crippen LogP contribution is -2.30. The van der Waals surface area contributed by atoms with E-state index in [0.717, 1.165) is 17.0 Å². The van der Waals surface area contributed by atoms with Gasteiger partial charge in [-0.25, -0.2) is 4.98 Å². The molecule has 136 valence electrons. The Morgan fingerprint density at radius 2 is 1.96 bits per heavy atom. The van der Waals surface area contributed by atoms with E-state index in [-0.39, 0.29) is 0 Å². The van der Waals surface area contributed by atoms with Gasteiger partial charge in [0.1, 0.15) is 5.65 Å². The first-order chi connectivity index (χ1) is 12.6.